The molecular weight excluding hydrogens is 415 g/mol. The van der Waals surface area contributed by atoms with Crippen LogP contribution in [0.3, 0.4) is 0 Å². The van der Waals surface area contributed by atoms with Gasteiger partial charge in [0.25, 0.3) is 0 Å². The number of benzene rings is 3. The molecule has 5 heteroatoms. The molecule has 1 atom stereocenters. The van der Waals surface area contributed by atoms with E-state index in [1.165, 1.54) is 12.1 Å². The van der Waals surface area contributed by atoms with Gasteiger partial charge in [0.05, 0.1) is 17.4 Å². The quantitative estimate of drug-likeness (QED) is 0.458. The van der Waals surface area contributed by atoms with Gasteiger partial charge in [-0.1, -0.05) is 51.8 Å². The molecule has 4 rings (SSSR count). The van der Waals surface area contributed by atoms with E-state index >= 15 is 0 Å². The molecule has 0 radical (unpaired) electrons. The molecule has 1 aliphatic heterocycles. The molecule has 26 heavy (non-hydrogen) atoms. The fourth-order valence-corrected chi connectivity index (χ4v) is 3.49. The minimum Gasteiger partial charge on any atom is -0.257 e. The molecule has 0 fully saturated rings. The molecule has 0 N–H and O–H groups in total. The fraction of sp³-hybridized carbons (Fsp3) is 0.0952. The van der Waals surface area contributed by atoms with Crippen molar-refractivity contribution in [3.8, 4) is 0 Å². The highest BCUT2D eigenvalue weighted by molar-refractivity contribution is 9.10. The highest BCUT2D eigenvalue weighted by atomic mass is 79.9. The van der Waals surface area contributed by atoms with Crippen LogP contribution in [0.25, 0.3) is 0 Å². The highest BCUT2D eigenvalue weighted by Gasteiger charge is 2.29. The maximum absolute atomic E-state index is 13.3. The number of halogens is 3. The van der Waals surface area contributed by atoms with Crippen LogP contribution in [0.1, 0.15) is 23.6 Å². The molecule has 3 aromatic rings. The van der Waals surface area contributed by atoms with Crippen molar-refractivity contribution >= 4 is 38.9 Å². The van der Waals surface area contributed by atoms with E-state index in [1.807, 2.05) is 53.5 Å². The average molecular weight is 430 g/mol. The van der Waals surface area contributed by atoms with Crippen LogP contribution < -0.4 is 5.01 Å². The summed E-state index contributed by atoms with van der Waals surface area (Å²) in [6.07, 6.45) is 0.739. The van der Waals surface area contributed by atoms with E-state index < -0.39 is 0 Å². The molecule has 1 heterocycles. The Morgan fingerprint density at radius 2 is 1.58 bits per heavy atom. The number of hydrazone groups is 1. The maximum Gasteiger partial charge on any atom is 0.123 e. The van der Waals surface area contributed by atoms with Crippen molar-refractivity contribution < 1.29 is 4.39 Å². The highest BCUT2D eigenvalue weighted by Crippen LogP contribution is 2.37. The second-order valence-electron chi connectivity index (χ2n) is 6.15. The average Bonchev–Trinajstić information content (AvgIpc) is 3.09. The third kappa shape index (κ3) is 3.53. The second kappa shape index (κ2) is 7.22. The Morgan fingerprint density at radius 1 is 0.923 bits per heavy atom. The van der Waals surface area contributed by atoms with Crippen LogP contribution in [0.5, 0.6) is 0 Å². The number of hydrogen-bond acceptors (Lipinski definition) is 2. The molecule has 0 aliphatic carbocycles. The molecule has 2 nitrogen and oxygen atoms in total. The SMILES string of the molecule is Fc1ccc(C2=NN(c3ccc(Br)cc3)C(c3ccc(Cl)cc3)C2)cc1. The minimum atomic E-state index is -0.244. The predicted molar refractivity (Wildman–Crippen MR) is 108 cm³/mol. The van der Waals surface area contributed by atoms with Gasteiger partial charge in [0.1, 0.15) is 5.82 Å². The molecule has 0 amide bonds. The fourth-order valence-electron chi connectivity index (χ4n) is 3.10. The Morgan fingerprint density at radius 3 is 2.23 bits per heavy atom. The monoisotopic (exact) mass is 428 g/mol. The molecule has 0 spiro atoms. The van der Waals surface area contributed by atoms with Crippen LogP contribution in [0.4, 0.5) is 10.1 Å². The zero-order valence-electron chi connectivity index (χ0n) is 13.7. The molecule has 0 saturated carbocycles. The van der Waals surface area contributed by atoms with E-state index in [4.69, 9.17) is 16.7 Å². The van der Waals surface area contributed by atoms with E-state index in [0.29, 0.717) is 5.02 Å². The van der Waals surface area contributed by atoms with E-state index in [9.17, 15) is 4.39 Å². The summed E-state index contributed by atoms with van der Waals surface area (Å²) in [5.41, 5.74) is 4.02. The number of hydrogen-bond donors (Lipinski definition) is 0. The normalized spacial score (nSPS) is 16.7. The van der Waals surface area contributed by atoms with Crippen molar-refractivity contribution in [2.45, 2.75) is 12.5 Å². The number of nitrogens with zero attached hydrogens (tertiary/aromatic N) is 2. The lowest BCUT2D eigenvalue weighted by Crippen LogP contribution is -2.18. The maximum atomic E-state index is 13.3. The van der Waals surface area contributed by atoms with Gasteiger partial charge in [-0.3, -0.25) is 5.01 Å². The molecule has 1 aliphatic rings. The molecule has 0 aromatic heterocycles. The summed E-state index contributed by atoms with van der Waals surface area (Å²) in [6.45, 7) is 0. The summed E-state index contributed by atoms with van der Waals surface area (Å²) in [6, 6.07) is 22.5. The van der Waals surface area contributed by atoms with Gasteiger partial charge in [-0.15, -0.1) is 0 Å². The molecular formula is C21H15BrClFN2. The lowest BCUT2D eigenvalue weighted by atomic mass is 9.98. The first-order valence-corrected chi connectivity index (χ1v) is 9.41. The minimum absolute atomic E-state index is 0.0634. The standard InChI is InChI=1S/C21H15BrClFN2/c22-16-5-11-19(12-6-16)26-21(15-1-7-17(23)8-2-15)13-20(25-26)14-3-9-18(24)10-4-14/h1-12,21H,13H2. The van der Waals surface area contributed by atoms with E-state index in [2.05, 4.69) is 15.9 Å². The Kier molecular flexibility index (Phi) is 4.79. The second-order valence-corrected chi connectivity index (χ2v) is 7.50. The number of anilines is 1. The zero-order chi connectivity index (χ0) is 18.1. The van der Waals surface area contributed by atoms with Crippen LogP contribution in [-0.4, -0.2) is 5.71 Å². The van der Waals surface area contributed by atoms with Crippen LogP contribution in [0.15, 0.2) is 82.4 Å². The van der Waals surface area contributed by atoms with Crippen molar-refractivity contribution in [2.24, 2.45) is 5.10 Å². The van der Waals surface area contributed by atoms with Crippen molar-refractivity contribution in [3.05, 3.63) is 99.2 Å². The first-order valence-electron chi connectivity index (χ1n) is 8.24. The summed E-state index contributed by atoms with van der Waals surface area (Å²) in [7, 11) is 0. The summed E-state index contributed by atoms with van der Waals surface area (Å²) in [5.74, 6) is -0.244. The van der Waals surface area contributed by atoms with Crippen LogP contribution in [-0.2, 0) is 0 Å². The van der Waals surface area contributed by atoms with Gasteiger partial charge in [0, 0.05) is 15.9 Å². The van der Waals surface area contributed by atoms with Gasteiger partial charge in [0.15, 0.2) is 0 Å². The van der Waals surface area contributed by atoms with Crippen molar-refractivity contribution in [1.29, 1.82) is 0 Å². The summed E-state index contributed by atoms with van der Waals surface area (Å²) in [5, 5.41) is 7.58. The van der Waals surface area contributed by atoms with Gasteiger partial charge < -0.3 is 0 Å². The Balaban J connectivity index is 1.74. The Labute approximate surface area is 165 Å². The smallest absolute Gasteiger partial charge is 0.123 e. The largest absolute Gasteiger partial charge is 0.257 e. The van der Waals surface area contributed by atoms with Crippen molar-refractivity contribution in [1.82, 2.24) is 0 Å². The van der Waals surface area contributed by atoms with Gasteiger partial charge in [-0.2, -0.15) is 5.10 Å². The molecule has 3 aromatic carbocycles. The summed E-state index contributed by atoms with van der Waals surface area (Å²) in [4.78, 5) is 0. The van der Waals surface area contributed by atoms with Crippen LogP contribution >= 0.6 is 27.5 Å². The summed E-state index contributed by atoms with van der Waals surface area (Å²) < 4.78 is 14.3. The molecule has 0 bridgehead atoms. The molecule has 130 valence electrons. The molecule has 1 unspecified atom stereocenters. The third-order valence-corrected chi connectivity index (χ3v) is 5.21. The van der Waals surface area contributed by atoms with E-state index in [1.54, 1.807) is 12.1 Å². The van der Waals surface area contributed by atoms with E-state index in [-0.39, 0.29) is 11.9 Å². The van der Waals surface area contributed by atoms with Crippen LogP contribution in [0, 0.1) is 5.82 Å². The van der Waals surface area contributed by atoms with Gasteiger partial charge in [0.2, 0.25) is 0 Å². The van der Waals surface area contributed by atoms with Crippen molar-refractivity contribution in [2.75, 3.05) is 5.01 Å². The number of rotatable bonds is 3. The third-order valence-electron chi connectivity index (χ3n) is 4.43. The van der Waals surface area contributed by atoms with Crippen LogP contribution in [0.2, 0.25) is 5.02 Å². The van der Waals surface area contributed by atoms with E-state index in [0.717, 1.165) is 33.4 Å². The van der Waals surface area contributed by atoms with Gasteiger partial charge in [-0.25, -0.2) is 4.39 Å². The lowest BCUT2D eigenvalue weighted by molar-refractivity contribution is 0.627. The first kappa shape index (κ1) is 17.3. The van der Waals surface area contributed by atoms with Gasteiger partial charge in [-0.05, 0) is 59.7 Å². The predicted octanol–water partition coefficient (Wildman–Crippen LogP) is 6.60. The Bertz CT molecular complexity index is 937. The topological polar surface area (TPSA) is 15.6 Å². The Hall–Kier alpha value is -2.17. The first-order chi connectivity index (χ1) is 12.6. The summed E-state index contributed by atoms with van der Waals surface area (Å²) >= 11 is 9.52. The zero-order valence-corrected chi connectivity index (χ0v) is 16.1. The molecule has 0 saturated heterocycles. The van der Waals surface area contributed by atoms with Gasteiger partial charge >= 0.3 is 0 Å². The lowest BCUT2D eigenvalue weighted by Gasteiger charge is -2.24. The van der Waals surface area contributed by atoms with Crippen molar-refractivity contribution in [3.63, 3.8) is 0 Å².